The van der Waals surface area contributed by atoms with Crippen LogP contribution in [-0.2, 0) is 0 Å². The number of hydrogen-bond acceptors (Lipinski definition) is 4. The van der Waals surface area contributed by atoms with E-state index in [-0.39, 0.29) is 11.8 Å². The van der Waals surface area contributed by atoms with Crippen LogP contribution >= 0.6 is 0 Å². The smallest absolute Gasteiger partial charge is 0.321 e. The highest BCUT2D eigenvalue weighted by Crippen LogP contribution is 2.19. The molecule has 6 nitrogen and oxygen atoms in total. The van der Waals surface area contributed by atoms with Gasteiger partial charge in [-0.25, -0.2) is 9.18 Å². The summed E-state index contributed by atoms with van der Waals surface area (Å²) < 4.78 is 13.6. The van der Waals surface area contributed by atoms with E-state index < -0.39 is 0 Å². The van der Waals surface area contributed by atoms with Crippen molar-refractivity contribution in [3.63, 3.8) is 0 Å². The van der Waals surface area contributed by atoms with Crippen LogP contribution < -0.4 is 10.2 Å². The molecule has 1 N–H and O–H groups in total. The summed E-state index contributed by atoms with van der Waals surface area (Å²) in [5.74, 6) is 0.497. The van der Waals surface area contributed by atoms with Crippen molar-refractivity contribution in [1.29, 1.82) is 0 Å². The molecule has 3 rings (SSSR count). The predicted molar refractivity (Wildman–Crippen MR) is 90.7 cm³/mol. The van der Waals surface area contributed by atoms with Crippen molar-refractivity contribution in [2.75, 3.05) is 36.4 Å². The summed E-state index contributed by atoms with van der Waals surface area (Å²) in [6.07, 6.45) is 0. The number of carbonyl (C=O) groups excluding carboxylic acids is 1. The molecule has 1 saturated heterocycles. The maximum atomic E-state index is 13.6. The van der Waals surface area contributed by atoms with E-state index in [9.17, 15) is 9.18 Å². The quantitative estimate of drug-likeness (QED) is 0.920. The maximum absolute atomic E-state index is 13.6. The third-order valence-corrected chi connectivity index (χ3v) is 4.18. The number of urea groups is 1. The number of aromatic nitrogens is 2. The highest BCUT2D eigenvalue weighted by Gasteiger charge is 2.22. The van der Waals surface area contributed by atoms with Crippen molar-refractivity contribution in [1.82, 2.24) is 15.1 Å². The van der Waals surface area contributed by atoms with E-state index in [1.54, 1.807) is 24.0 Å². The Kier molecular flexibility index (Phi) is 4.59. The highest BCUT2D eigenvalue weighted by molar-refractivity contribution is 5.90. The molecule has 2 heterocycles. The van der Waals surface area contributed by atoms with Gasteiger partial charge in [0.15, 0.2) is 5.82 Å². The van der Waals surface area contributed by atoms with Gasteiger partial charge in [0.25, 0.3) is 0 Å². The summed E-state index contributed by atoms with van der Waals surface area (Å²) in [4.78, 5) is 16.2. The van der Waals surface area contributed by atoms with Gasteiger partial charge in [-0.1, -0.05) is 6.07 Å². The molecule has 0 atom stereocenters. The fourth-order valence-electron chi connectivity index (χ4n) is 2.64. The van der Waals surface area contributed by atoms with Crippen molar-refractivity contribution in [3.8, 4) is 0 Å². The molecule has 2 aromatic rings. The number of aryl methyl sites for hydroxylation is 1. The van der Waals surface area contributed by atoms with Gasteiger partial charge in [0.1, 0.15) is 5.82 Å². The number of halogens is 1. The van der Waals surface area contributed by atoms with E-state index in [2.05, 4.69) is 20.4 Å². The average molecular weight is 329 g/mol. The first-order valence-electron chi connectivity index (χ1n) is 7.91. The summed E-state index contributed by atoms with van der Waals surface area (Å²) in [6, 6.07) is 8.33. The second-order valence-electron chi connectivity index (χ2n) is 5.85. The lowest BCUT2D eigenvalue weighted by atomic mass is 10.2. The van der Waals surface area contributed by atoms with E-state index in [0.29, 0.717) is 37.4 Å². The van der Waals surface area contributed by atoms with Crippen LogP contribution in [0.4, 0.5) is 20.7 Å². The second-order valence-corrected chi connectivity index (χ2v) is 5.85. The molecule has 0 radical (unpaired) electrons. The summed E-state index contributed by atoms with van der Waals surface area (Å²) in [7, 11) is 0. The number of benzene rings is 1. The molecule has 1 aromatic heterocycles. The van der Waals surface area contributed by atoms with Gasteiger partial charge < -0.3 is 15.1 Å². The van der Waals surface area contributed by atoms with E-state index in [0.717, 1.165) is 11.5 Å². The number of hydrogen-bond donors (Lipinski definition) is 1. The van der Waals surface area contributed by atoms with Crippen LogP contribution in [0.5, 0.6) is 0 Å². The van der Waals surface area contributed by atoms with Gasteiger partial charge in [-0.15, -0.1) is 5.10 Å². The predicted octanol–water partition coefficient (Wildman–Crippen LogP) is 2.59. The minimum absolute atomic E-state index is 0.210. The lowest BCUT2D eigenvalue weighted by Gasteiger charge is -2.35. The molecule has 1 fully saturated rings. The van der Waals surface area contributed by atoms with E-state index in [1.165, 1.54) is 6.07 Å². The standard InChI is InChI=1S/C17H20FN5O/c1-12-6-7-16(21-20-12)22-8-10-23(11-9-22)17(24)19-15-5-3-4-14(18)13(15)2/h3-7H,8-11H2,1-2H3,(H,19,24). The number of carbonyl (C=O) groups is 1. The van der Waals surface area contributed by atoms with Crippen LogP contribution in [0.1, 0.15) is 11.3 Å². The average Bonchev–Trinajstić information content (AvgIpc) is 2.60. The summed E-state index contributed by atoms with van der Waals surface area (Å²) in [5, 5.41) is 11.0. The molecule has 1 aliphatic rings. The molecule has 1 aromatic carbocycles. The molecule has 126 valence electrons. The number of piperazine rings is 1. The zero-order valence-corrected chi connectivity index (χ0v) is 13.8. The number of nitrogens with zero attached hydrogens (tertiary/aromatic N) is 4. The van der Waals surface area contributed by atoms with Crippen molar-refractivity contribution in [3.05, 3.63) is 47.4 Å². The van der Waals surface area contributed by atoms with Crippen molar-refractivity contribution < 1.29 is 9.18 Å². The zero-order valence-electron chi connectivity index (χ0n) is 13.8. The topological polar surface area (TPSA) is 61.4 Å². The normalized spacial score (nSPS) is 14.6. The van der Waals surface area contributed by atoms with Crippen LogP contribution in [0.15, 0.2) is 30.3 Å². The highest BCUT2D eigenvalue weighted by atomic mass is 19.1. The number of anilines is 2. The third-order valence-electron chi connectivity index (χ3n) is 4.18. The zero-order chi connectivity index (χ0) is 17.1. The first-order chi connectivity index (χ1) is 11.5. The Bertz CT molecular complexity index is 726. The van der Waals surface area contributed by atoms with Gasteiger partial charge in [0.2, 0.25) is 0 Å². The molecular formula is C17H20FN5O. The fraction of sp³-hybridized carbons (Fsp3) is 0.353. The van der Waals surface area contributed by atoms with E-state index >= 15 is 0 Å². The summed E-state index contributed by atoms with van der Waals surface area (Å²) >= 11 is 0. The molecule has 0 saturated carbocycles. The molecule has 24 heavy (non-hydrogen) atoms. The van der Waals surface area contributed by atoms with Crippen molar-refractivity contribution >= 4 is 17.5 Å². The summed E-state index contributed by atoms with van der Waals surface area (Å²) in [6.45, 7) is 6.08. The molecule has 0 spiro atoms. The number of amides is 2. The van der Waals surface area contributed by atoms with Gasteiger partial charge in [0.05, 0.1) is 5.69 Å². The molecular weight excluding hydrogens is 309 g/mol. The summed E-state index contributed by atoms with van der Waals surface area (Å²) in [5.41, 5.74) is 1.83. The Labute approximate surface area is 140 Å². The fourth-order valence-corrected chi connectivity index (χ4v) is 2.64. The lowest BCUT2D eigenvalue weighted by molar-refractivity contribution is 0.208. The minimum atomic E-state index is -0.324. The van der Waals surface area contributed by atoms with Crippen LogP contribution in [0.3, 0.4) is 0 Å². The first kappa shape index (κ1) is 16.2. The molecule has 1 aliphatic heterocycles. The van der Waals surface area contributed by atoms with E-state index in [4.69, 9.17) is 0 Å². The van der Waals surface area contributed by atoms with Gasteiger partial charge >= 0.3 is 6.03 Å². The Morgan fingerprint density at radius 3 is 2.50 bits per heavy atom. The van der Waals surface area contributed by atoms with Crippen molar-refractivity contribution in [2.24, 2.45) is 0 Å². The molecule has 0 unspecified atom stereocenters. The van der Waals surface area contributed by atoms with Gasteiger partial charge in [-0.2, -0.15) is 5.10 Å². The Balaban J connectivity index is 1.59. The van der Waals surface area contributed by atoms with Crippen LogP contribution in [0, 0.1) is 19.7 Å². The monoisotopic (exact) mass is 329 g/mol. The third kappa shape index (κ3) is 3.45. The largest absolute Gasteiger partial charge is 0.352 e. The van der Waals surface area contributed by atoms with Gasteiger partial charge in [-0.05, 0) is 38.1 Å². The van der Waals surface area contributed by atoms with Crippen LogP contribution in [0.2, 0.25) is 0 Å². The van der Waals surface area contributed by atoms with Gasteiger partial charge in [0, 0.05) is 37.4 Å². The van der Waals surface area contributed by atoms with E-state index in [1.807, 2.05) is 19.1 Å². The number of rotatable bonds is 2. The molecule has 0 bridgehead atoms. The Morgan fingerprint density at radius 2 is 1.83 bits per heavy atom. The molecule has 0 aliphatic carbocycles. The maximum Gasteiger partial charge on any atom is 0.321 e. The Hall–Kier alpha value is -2.70. The molecule has 7 heteroatoms. The van der Waals surface area contributed by atoms with Crippen LogP contribution in [0.25, 0.3) is 0 Å². The SMILES string of the molecule is Cc1ccc(N2CCN(C(=O)Nc3cccc(F)c3C)CC2)nn1. The van der Waals surface area contributed by atoms with Crippen molar-refractivity contribution in [2.45, 2.75) is 13.8 Å². The Morgan fingerprint density at radius 1 is 1.08 bits per heavy atom. The van der Waals surface area contributed by atoms with Crippen LogP contribution in [-0.4, -0.2) is 47.3 Å². The minimum Gasteiger partial charge on any atom is -0.352 e. The first-order valence-corrected chi connectivity index (χ1v) is 7.91. The second kappa shape index (κ2) is 6.82. The number of nitrogens with one attached hydrogen (secondary N) is 1. The van der Waals surface area contributed by atoms with Gasteiger partial charge in [-0.3, -0.25) is 0 Å². The molecule has 2 amide bonds. The lowest BCUT2D eigenvalue weighted by Crippen LogP contribution is -2.50.